The smallest absolute Gasteiger partial charge is 0.243 e. The lowest BCUT2D eigenvalue weighted by Crippen LogP contribution is -2.41. The fraction of sp³-hybridized carbons (Fsp3) is 0.462. The van der Waals surface area contributed by atoms with Gasteiger partial charge >= 0.3 is 0 Å². The summed E-state index contributed by atoms with van der Waals surface area (Å²) in [7, 11) is -2.08. The number of nitrogens with one attached hydrogen (secondary N) is 1. The molecule has 8 nitrogen and oxygen atoms in total. The van der Waals surface area contributed by atoms with Crippen molar-refractivity contribution in [3.05, 3.63) is 48.3 Å². The molecule has 2 aromatic carbocycles. The molecule has 1 amide bonds. The number of amides is 1. The first-order valence-corrected chi connectivity index (χ1v) is 13.7. The molecular formula is C26H32N4O4S. The first-order chi connectivity index (χ1) is 16.9. The lowest BCUT2D eigenvalue weighted by atomic mass is 9.97. The molecule has 2 heterocycles. The highest BCUT2D eigenvalue weighted by molar-refractivity contribution is 7.89. The predicted molar refractivity (Wildman–Crippen MR) is 135 cm³/mol. The molecule has 1 aromatic heterocycles. The van der Waals surface area contributed by atoms with Crippen molar-refractivity contribution < 1.29 is 17.9 Å². The third kappa shape index (κ3) is 4.67. The monoisotopic (exact) mass is 496 g/mol. The number of methoxy groups -OCH3 is 1. The molecule has 0 bridgehead atoms. The number of benzene rings is 2. The highest BCUT2D eigenvalue weighted by atomic mass is 32.2. The van der Waals surface area contributed by atoms with Gasteiger partial charge in [-0.3, -0.25) is 4.79 Å². The fourth-order valence-electron chi connectivity index (χ4n) is 5.44. The van der Waals surface area contributed by atoms with Crippen molar-refractivity contribution in [2.24, 2.45) is 5.92 Å². The van der Waals surface area contributed by atoms with Gasteiger partial charge in [0, 0.05) is 36.8 Å². The summed E-state index contributed by atoms with van der Waals surface area (Å²) in [4.78, 5) is 17.7. The summed E-state index contributed by atoms with van der Waals surface area (Å²) >= 11 is 0. The van der Waals surface area contributed by atoms with Crippen LogP contribution in [0.5, 0.6) is 5.75 Å². The van der Waals surface area contributed by atoms with Crippen molar-refractivity contribution in [3.63, 3.8) is 0 Å². The second-order valence-electron chi connectivity index (χ2n) is 9.52. The van der Waals surface area contributed by atoms with E-state index in [1.807, 2.05) is 31.2 Å². The Morgan fingerprint density at radius 2 is 1.80 bits per heavy atom. The van der Waals surface area contributed by atoms with Gasteiger partial charge in [0.1, 0.15) is 11.6 Å². The maximum absolute atomic E-state index is 13.4. The maximum atomic E-state index is 13.4. The maximum Gasteiger partial charge on any atom is 0.243 e. The van der Waals surface area contributed by atoms with Crippen molar-refractivity contribution >= 4 is 32.7 Å². The minimum atomic E-state index is -3.66. The van der Waals surface area contributed by atoms with E-state index in [1.54, 1.807) is 25.3 Å². The standard InChI is InChI=1S/C26H32N4O4S/c1-18-27-24-17-23(10-11-25(24)30(18)21-7-3-4-8-21)35(32,33)29-14-12-19(13-15-29)26(31)28-20-6-5-9-22(16-20)34-2/h5-6,9-11,16-17,19,21H,3-4,7-8,12-15H2,1-2H3,(H,28,31). The number of fused-ring (bicyclic) bond motifs is 1. The summed E-state index contributed by atoms with van der Waals surface area (Å²) in [6, 6.07) is 13.0. The summed E-state index contributed by atoms with van der Waals surface area (Å²) in [5.41, 5.74) is 2.40. The zero-order valence-corrected chi connectivity index (χ0v) is 21.1. The number of carbonyl (C=O) groups is 1. The van der Waals surface area contributed by atoms with E-state index >= 15 is 0 Å². The third-order valence-electron chi connectivity index (χ3n) is 7.33. The normalized spacial score (nSPS) is 18.2. The topological polar surface area (TPSA) is 93.5 Å². The van der Waals surface area contributed by atoms with E-state index in [0.29, 0.717) is 43.4 Å². The second kappa shape index (κ2) is 9.62. The summed E-state index contributed by atoms with van der Waals surface area (Å²) in [5.74, 6) is 1.28. The van der Waals surface area contributed by atoms with E-state index in [1.165, 1.54) is 17.1 Å². The van der Waals surface area contributed by atoms with Gasteiger partial charge in [0.25, 0.3) is 0 Å². The molecule has 0 spiro atoms. The Morgan fingerprint density at radius 1 is 1.06 bits per heavy atom. The number of hydrogen-bond acceptors (Lipinski definition) is 5. The first-order valence-electron chi connectivity index (χ1n) is 12.3. The lowest BCUT2D eigenvalue weighted by molar-refractivity contribution is -0.120. The molecular weight excluding hydrogens is 464 g/mol. The number of aryl methyl sites for hydroxylation is 1. The average molecular weight is 497 g/mol. The van der Waals surface area contributed by atoms with Crippen LogP contribution in [0.15, 0.2) is 47.4 Å². The third-order valence-corrected chi connectivity index (χ3v) is 9.22. The molecule has 186 valence electrons. The molecule has 2 fully saturated rings. The number of nitrogens with zero attached hydrogens (tertiary/aromatic N) is 3. The number of imidazole rings is 1. The highest BCUT2D eigenvalue weighted by Gasteiger charge is 2.33. The van der Waals surface area contributed by atoms with E-state index < -0.39 is 10.0 Å². The van der Waals surface area contributed by atoms with Crippen molar-refractivity contribution in [2.45, 2.75) is 56.4 Å². The van der Waals surface area contributed by atoms with Crippen molar-refractivity contribution in [3.8, 4) is 5.75 Å². The van der Waals surface area contributed by atoms with Crippen LogP contribution in [-0.4, -0.2) is 48.4 Å². The summed E-state index contributed by atoms with van der Waals surface area (Å²) in [6.07, 6.45) is 5.70. The van der Waals surface area contributed by atoms with E-state index in [4.69, 9.17) is 4.74 Å². The van der Waals surface area contributed by atoms with Crippen LogP contribution in [0.4, 0.5) is 5.69 Å². The van der Waals surface area contributed by atoms with Crippen LogP contribution in [0.2, 0.25) is 0 Å². The number of carbonyl (C=O) groups excluding carboxylic acids is 1. The van der Waals surface area contributed by atoms with Crippen molar-refractivity contribution in [1.29, 1.82) is 0 Å². The molecule has 35 heavy (non-hydrogen) atoms. The molecule has 0 radical (unpaired) electrons. The largest absolute Gasteiger partial charge is 0.497 e. The van der Waals surface area contributed by atoms with E-state index in [0.717, 1.165) is 29.7 Å². The molecule has 5 rings (SSSR count). The number of rotatable bonds is 6. The Labute approximate surface area is 206 Å². The average Bonchev–Trinajstić information content (AvgIpc) is 3.50. The Hall–Kier alpha value is -2.91. The number of sulfonamides is 1. The van der Waals surface area contributed by atoms with Gasteiger partial charge in [-0.25, -0.2) is 13.4 Å². The van der Waals surface area contributed by atoms with Crippen molar-refractivity contribution in [2.75, 3.05) is 25.5 Å². The molecule has 1 saturated carbocycles. The number of ether oxygens (including phenoxy) is 1. The number of anilines is 1. The van der Waals surface area contributed by atoms with Gasteiger partial charge in [-0.15, -0.1) is 0 Å². The summed E-state index contributed by atoms with van der Waals surface area (Å²) < 4.78 is 35.8. The number of hydrogen-bond donors (Lipinski definition) is 1. The highest BCUT2D eigenvalue weighted by Crippen LogP contribution is 2.34. The van der Waals surface area contributed by atoms with Gasteiger partial charge in [0.05, 0.1) is 23.0 Å². The second-order valence-corrected chi connectivity index (χ2v) is 11.5. The van der Waals surface area contributed by atoms with Gasteiger partial charge in [0.15, 0.2) is 0 Å². The zero-order valence-electron chi connectivity index (χ0n) is 20.2. The van der Waals surface area contributed by atoms with Crippen LogP contribution >= 0.6 is 0 Å². The van der Waals surface area contributed by atoms with Crippen LogP contribution in [0.3, 0.4) is 0 Å². The summed E-state index contributed by atoms with van der Waals surface area (Å²) in [5, 5.41) is 2.92. The van der Waals surface area contributed by atoms with E-state index in [9.17, 15) is 13.2 Å². The van der Waals surface area contributed by atoms with Crippen LogP contribution in [-0.2, 0) is 14.8 Å². The molecule has 1 aliphatic carbocycles. The van der Waals surface area contributed by atoms with Gasteiger partial charge in [0.2, 0.25) is 15.9 Å². The van der Waals surface area contributed by atoms with Crippen LogP contribution in [0.25, 0.3) is 11.0 Å². The Morgan fingerprint density at radius 3 is 2.51 bits per heavy atom. The molecule has 0 atom stereocenters. The van der Waals surface area contributed by atoms with E-state index in [-0.39, 0.29) is 16.7 Å². The SMILES string of the molecule is COc1cccc(NC(=O)C2CCN(S(=O)(=O)c3ccc4c(c3)nc(C)n4C3CCCC3)CC2)c1. The Balaban J connectivity index is 1.27. The molecule has 1 N–H and O–H groups in total. The Bertz CT molecular complexity index is 1340. The quantitative estimate of drug-likeness (QED) is 0.542. The molecule has 1 aliphatic heterocycles. The van der Waals surface area contributed by atoms with Crippen LogP contribution < -0.4 is 10.1 Å². The molecule has 9 heteroatoms. The molecule has 1 saturated heterocycles. The first kappa shape index (κ1) is 23.8. The van der Waals surface area contributed by atoms with Crippen molar-refractivity contribution in [1.82, 2.24) is 13.9 Å². The van der Waals surface area contributed by atoms with Crippen LogP contribution in [0.1, 0.15) is 50.4 Å². The van der Waals surface area contributed by atoms with Gasteiger partial charge in [-0.05, 0) is 62.9 Å². The fourth-order valence-corrected chi connectivity index (χ4v) is 6.93. The summed E-state index contributed by atoms with van der Waals surface area (Å²) in [6.45, 7) is 2.62. The van der Waals surface area contributed by atoms with Gasteiger partial charge in [-0.1, -0.05) is 18.9 Å². The Kier molecular flexibility index (Phi) is 6.55. The molecule has 2 aliphatic rings. The lowest BCUT2D eigenvalue weighted by Gasteiger charge is -2.30. The minimum absolute atomic E-state index is 0.0929. The zero-order chi connectivity index (χ0) is 24.6. The molecule has 0 unspecified atom stereocenters. The van der Waals surface area contributed by atoms with E-state index in [2.05, 4.69) is 14.9 Å². The number of piperidine rings is 1. The minimum Gasteiger partial charge on any atom is -0.497 e. The van der Waals surface area contributed by atoms with Gasteiger partial charge < -0.3 is 14.6 Å². The van der Waals surface area contributed by atoms with Gasteiger partial charge in [-0.2, -0.15) is 4.31 Å². The molecule has 3 aromatic rings. The number of aromatic nitrogens is 2. The predicted octanol–water partition coefficient (Wildman–Crippen LogP) is 4.51. The van der Waals surface area contributed by atoms with Crippen LogP contribution in [0, 0.1) is 12.8 Å².